The van der Waals surface area contributed by atoms with Gasteiger partial charge in [-0.25, -0.2) is 0 Å². The van der Waals surface area contributed by atoms with Gasteiger partial charge in [0.1, 0.15) is 0 Å². The fraction of sp³-hybridized carbons (Fsp3) is 1.00. The molecule has 0 rings (SSSR count). The number of quaternary nitrogens is 1. The third kappa shape index (κ3) is 23.6. The van der Waals surface area contributed by atoms with Gasteiger partial charge in [-0.3, -0.25) is 0 Å². The third-order valence-electron chi connectivity index (χ3n) is 0.894. The van der Waals surface area contributed by atoms with Gasteiger partial charge in [0.2, 0.25) is 0 Å². The first-order valence-corrected chi connectivity index (χ1v) is 3.79. The van der Waals surface area contributed by atoms with Crippen molar-refractivity contribution in [2.24, 2.45) is 0 Å². The van der Waals surface area contributed by atoms with Crippen molar-refractivity contribution in [3.63, 3.8) is 0 Å². The number of rotatable bonds is 2. The van der Waals surface area contributed by atoms with E-state index in [1.54, 1.807) is 0 Å². The van der Waals surface area contributed by atoms with Gasteiger partial charge in [0.05, 0.1) is 51.4 Å². The first-order valence-electron chi connectivity index (χ1n) is 3.17. The molecule has 2 nitrogen and oxygen atoms in total. The molecule has 64 valence electrons. The smallest absolute Gasteiger partial charge is 0.0832 e. The van der Waals surface area contributed by atoms with E-state index < -0.39 is 0 Å². The molecule has 0 spiro atoms. The van der Waals surface area contributed by atoms with E-state index in [9.17, 15) is 0 Å². The van der Waals surface area contributed by atoms with Gasteiger partial charge in [-0.1, -0.05) is 6.92 Å². The van der Waals surface area contributed by atoms with Gasteiger partial charge in [-0.05, 0) is 6.42 Å². The summed E-state index contributed by atoms with van der Waals surface area (Å²) in [7, 11) is 6.64. The Hall–Kier alpha value is 0.500. The maximum atomic E-state index is 4.26. The first kappa shape index (κ1) is 13.1. The molecule has 0 unspecified atom stereocenters. The molecule has 0 heterocycles. The van der Waals surface area contributed by atoms with Crippen LogP contribution in [-0.4, -0.2) is 32.2 Å². The third-order valence-corrected chi connectivity index (χ3v) is 0.894. The molecule has 0 radical (unpaired) electrons. The van der Waals surface area contributed by atoms with E-state index in [0.717, 1.165) is 4.48 Å². The minimum atomic E-state index is 1.09. The van der Waals surface area contributed by atoms with Crippen molar-refractivity contribution >= 4 is 23.7 Å². The van der Waals surface area contributed by atoms with E-state index in [4.69, 9.17) is 0 Å². The van der Waals surface area contributed by atoms with Gasteiger partial charge in [-0.15, -0.1) is 0 Å². The Morgan fingerprint density at radius 1 is 1.20 bits per heavy atom. The summed E-state index contributed by atoms with van der Waals surface area (Å²) >= 11 is 8.53. The van der Waals surface area contributed by atoms with Gasteiger partial charge >= 0.3 is 0 Å². The molecule has 0 fully saturated rings. The Morgan fingerprint density at radius 3 is 1.50 bits per heavy atom. The molecule has 0 N–H and O–H groups in total. The summed E-state index contributed by atoms with van der Waals surface area (Å²) in [6.45, 7) is 3.49. The number of nitrogens with zero attached hydrogens (tertiary/aromatic N) is 1. The summed E-state index contributed by atoms with van der Waals surface area (Å²) < 4.78 is 4.29. The van der Waals surface area contributed by atoms with Crippen LogP contribution in [0.25, 0.3) is 0 Å². The lowest BCUT2D eigenvalue weighted by Gasteiger charge is -2.22. The molecule has 0 atom stereocenters. The van der Waals surface area contributed by atoms with Crippen LogP contribution in [0.5, 0.6) is 0 Å². The molecule has 0 aromatic heterocycles. The van der Waals surface area contributed by atoms with Gasteiger partial charge in [0.25, 0.3) is 0 Å². The largest absolute Gasteiger partial charge is 0.331 e. The zero-order valence-electron chi connectivity index (χ0n) is 7.03. The Balaban J connectivity index is 0. The van der Waals surface area contributed by atoms with Crippen LogP contribution >= 0.6 is 23.7 Å². The van der Waals surface area contributed by atoms with Crippen molar-refractivity contribution in [1.29, 1.82) is 0 Å². The maximum Gasteiger partial charge on any atom is 0.0832 e. The summed E-state index contributed by atoms with van der Waals surface area (Å²) in [5.41, 5.74) is 0. The van der Waals surface area contributed by atoms with Crippen LogP contribution in [0, 0.1) is 0 Å². The van der Waals surface area contributed by atoms with Gasteiger partial charge in [0, 0.05) is 0 Å². The highest BCUT2D eigenvalue weighted by molar-refractivity contribution is 6.24. The highest BCUT2D eigenvalue weighted by Crippen LogP contribution is 1.90. The summed E-state index contributed by atoms with van der Waals surface area (Å²) in [5.74, 6) is 0. The normalized spacial score (nSPS) is 10.2. The molecule has 4 heteroatoms. The fourth-order valence-electron chi connectivity index (χ4n) is 0.671. The Labute approximate surface area is 73.6 Å². The summed E-state index contributed by atoms with van der Waals surface area (Å²) in [4.78, 5) is 0. The van der Waals surface area contributed by atoms with Crippen molar-refractivity contribution in [3.8, 4) is 0 Å². The molecule has 0 saturated carbocycles. The first-order chi connectivity index (χ1) is 4.47. The van der Waals surface area contributed by atoms with Crippen LogP contribution in [0.2, 0.25) is 0 Å². The molecule has 0 bridgehead atoms. The van der Waals surface area contributed by atoms with Crippen LogP contribution in [0.4, 0.5) is 0 Å². The zero-order chi connectivity index (χ0) is 8.62. The zero-order valence-corrected chi connectivity index (χ0v) is 8.54. The number of halogens is 2. The van der Waals surface area contributed by atoms with Crippen molar-refractivity contribution in [2.75, 3.05) is 27.7 Å². The van der Waals surface area contributed by atoms with Crippen LogP contribution in [-0.2, 0) is 3.84 Å². The second-order valence-electron chi connectivity index (χ2n) is 3.07. The highest BCUT2D eigenvalue weighted by Gasteiger charge is 2.01. The molecule has 0 amide bonds. The van der Waals surface area contributed by atoms with Gasteiger partial charge in [-0.2, -0.15) is 3.84 Å². The molecule has 0 aromatic rings. The average Bonchev–Trinajstić information content (AvgIpc) is 1.63. The summed E-state index contributed by atoms with van der Waals surface area (Å²) in [6.07, 6.45) is 1.28. The van der Waals surface area contributed by atoms with Crippen molar-refractivity contribution in [3.05, 3.63) is 0 Å². The molecular formula is C6H16Cl2NO+. The van der Waals surface area contributed by atoms with Crippen molar-refractivity contribution < 1.29 is 8.32 Å². The lowest BCUT2D eigenvalue weighted by molar-refractivity contribution is -0.870. The van der Waals surface area contributed by atoms with E-state index in [1.807, 2.05) is 0 Å². The second-order valence-corrected chi connectivity index (χ2v) is 3.54. The minimum absolute atomic E-state index is 1.09. The predicted molar refractivity (Wildman–Crippen MR) is 46.0 cm³/mol. The van der Waals surface area contributed by atoms with E-state index in [0.29, 0.717) is 0 Å². The predicted octanol–water partition coefficient (Wildman–Crippen LogP) is 2.41. The lowest BCUT2D eigenvalue weighted by atomic mass is 10.4. The minimum Gasteiger partial charge on any atom is -0.331 e. The van der Waals surface area contributed by atoms with Gasteiger partial charge < -0.3 is 4.48 Å². The van der Waals surface area contributed by atoms with Crippen LogP contribution < -0.4 is 0 Å². The van der Waals surface area contributed by atoms with E-state index in [1.165, 1.54) is 13.0 Å². The number of hydrogen-bond acceptors (Lipinski definition) is 1. The Bertz CT molecular complexity index is 63.3. The lowest BCUT2D eigenvalue weighted by Crippen LogP contribution is -2.34. The topological polar surface area (TPSA) is 9.23 Å². The number of hydrogen-bond donors (Lipinski definition) is 0. The molecule has 0 aliphatic rings. The second kappa shape index (κ2) is 7.61. The molecule has 0 saturated heterocycles. The fourth-order valence-corrected chi connectivity index (χ4v) is 0.671. The summed E-state index contributed by atoms with van der Waals surface area (Å²) in [5, 5.41) is 0. The molecule has 0 aromatic carbocycles. The van der Waals surface area contributed by atoms with E-state index in [-0.39, 0.29) is 0 Å². The standard InChI is InChI=1S/C6H16N.Cl2O/c1-5-6-7(2,3)4;1-3-2/h5-6H2,1-4H3;/q+1;. The Kier molecular flexibility index (Phi) is 9.97. The maximum absolute atomic E-state index is 4.26. The molecule has 0 aliphatic carbocycles. The van der Waals surface area contributed by atoms with Crippen LogP contribution in [0.1, 0.15) is 13.3 Å². The Morgan fingerprint density at radius 2 is 1.50 bits per heavy atom. The van der Waals surface area contributed by atoms with Crippen molar-refractivity contribution in [2.45, 2.75) is 13.3 Å². The highest BCUT2D eigenvalue weighted by atomic mass is 35.6. The molecular weight excluding hydrogens is 173 g/mol. The van der Waals surface area contributed by atoms with Crippen LogP contribution in [0.15, 0.2) is 0 Å². The van der Waals surface area contributed by atoms with Crippen molar-refractivity contribution in [1.82, 2.24) is 0 Å². The van der Waals surface area contributed by atoms with Gasteiger partial charge in [0.15, 0.2) is 0 Å². The van der Waals surface area contributed by atoms with E-state index in [2.05, 4.69) is 55.6 Å². The average molecular weight is 189 g/mol. The van der Waals surface area contributed by atoms with E-state index >= 15 is 0 Å². The monoisotopic (exact) mass is 188 g/mol. The quantitative estimate of drug-likeness (QED) is 0.606. The molecule has 0 aliphatic heterocycles. The molecule has 10 heavy (non-hydrogen) atoms. The SMILES string of the molecule is CCC[N+](C)(C)C.ClOCl. The van der Waals surface area contributed by atoms with Crippen LogP contribution in [0.3, 0.4) is 0 Å². The summed E-state index contributed by atoms with van der Waals surface area (Å²) in [6, 6.07) is 0.